The Morgan fingerprint density at radius 3 is 2.38 bits per heavy atom. The van der Waals surface area contributed by atoms with Gasteiger partial charge in [0.1, 0.15) is 0 Å². The third kappa shape index (κ3) is 1.48. The van der Waals surface area contributed by atoms with E-state index in [1.54, 1.807) is 0 Å². The van der Waals surface area contributed by atoms with Gasteiger partial charge in [0, 0.05) is 0 Å². The van der Waals surface area contributed by atoms with Gasteiger partial charge < -0.3 is 5.32 Å². The van der Waals surface area contributed by atoms with E-state index in [9.17, 15) is 0 Å². The van der Waals surface area contributed by atoms with Gasteiger partial charge in [-0.3, -0.25) is 0 Å². The fraction of sp³-hybridized carbons (Fsp3) is 1.00. The van der Waals surface area contributed by atoms with Crippen LogP contribution in [-0.4, -0.2) is 13.1 Å². The third-order valence-corrected chi connectivity index (χ3v) is 1.97. The lowest BCUT2D eigenvalue weighted by Crippen LogP contribution is -2.10. The van der Waals surface area contributed by atoms with Crippen molar-refractivity contribution >= 4 is 0 Å². The molecule has 1 heteroatoms. The van der Waals surface area contributed by atoms with Gasteiger partial charge in [-0.25, -0.2) is 0 Å². The second kappa shape index (κ2) is 3.08. The smallest absolute Gasteiger partial charge is 0.0450 e. The molecule has 1 heterocycles. The Kier molecular flexibility index (Phi) is 2.34. The summed E-state index contributed by atoms with van der Waals surface area (Å²) in [5.41, 5.74) is 0. The summed E-state index contributed by atoms with van der Waals surface area (Å²) in [6.45, 7) is 4.52. The van der Waals surface area contributed by atoms with Crippen molar-refractivity contribution in [3.63, 3.8) is 0 Å². The van der Waals surface area contributed by atoms with Crippen LogP contribution in [-0.2, 0) is 0 Å². The number of piperidine rings is 1. The molecule has 0 aliphatic carbocycles. The van der Waals surface area contributed by atoms with E-state index in [1.165, 1.54) is 19.3 Å². The molecule has 0 aromatic carbocycles. The topological polar surface area (TPSA) is 14.1 Å². The van der Waals surface area contributed by atoms with Gasteiger partial charge in [0.2, 0.25) is 0 Å². The lowest BCUT2D eigenvalue weighted by Gasteiger charge is -2.30. The first kappa shape index (κ1) is 6.09. The lowest BCUT2D eigenvalue weighted by atomic mass is 9.96. The third-order valence-electron chi connectivity index (χ3n) is 1.97. The summed E-state index contributed by atoms with van der Waals surface area (Å²) < 4.78 is 0. The minimum Gasteiger partial charge on any atom is -0.662 e. The van der Waals surface area contributed by atoms with Crippen molar-refractivity contribution in [1.82, 2.24) is 0 Å². The zero-order chi connectivity index (χ0) is 5.82. The summed E-state index contributed by atoms with van der Waals surface area (Å²) in [7, 11) is 0. The van der Waals surface area contributed by atoms with Gasteiger partial charge >= 0.3 is 0 Å². The first-order valence-electron chi connectivity index (χ1n) is 3.56. The van der Waals surface area contributed by atoms with Crippen molar-refractivity contribution in [3.8, 4) is 0 Å². The van der Waals surface area contributed by atoms with Gasteiger partial charge in [0.05, 0.1) is 0 Å². The van der Waals surface area contributed by atoms with E-state index in [0.29, 0.717) is 0 Å². The Bertz CT molecular complexity index is 55.4. The molecule has 0 aromatic heterocycles. The maximum atomic E-state index is 4.28. The number of hydrogen-bond donors (Lipinski definition) is 0. The molecule has 0 aromatic rings. The van der Waals surface area contributed by atoms with Crippen LogP contribution in [0, 0.1) is 5.92 Å². The van der Waals surface area contributed by atoms with Gasteiger partial charge in [-0.1, -0.05) is 26.2 Å². The van der Waals surface area contributed by atoms with Crippen LogP contribution in [0.2, 0.25) is 0 Å². The van der Waals surface area contributed by atoms with Gasteiger partial charge in [0.25, 0.3) is 0 Å². The van der Waals surface area contributed by atoms with Crippen molar-refractivity contribution in [2.24, 2.45) is 5.92 Å². The van der Waals surface area contributed by atoms with E-state index in [4.69, 9.17) is 0 Å². The average molecular weight is 112 g/mol. The molecule has 1 fully saturated rings. The van der Waals surface area contributed by atoms with Crippen molar-refractivity contribution in [3.05, 3.63) is 5.32 Å². The number of rotatable bonds is 1. The molecule has 0 radical (unpaired) electrons. The van der Waals surface area contributed by atoms with Gasteiger partial charge in [-0.15, -0.1) is 13.1 Å². The average Bonchev–Trinajstić information content (AvgIpc) is 1.90. The van der Waals surface area contributed by atoms with Crippen LogP contribution in [0.25, 0.3) is 5.32 Å². The molecule has 0 amide bonds. The van der Waals surface area contributed by atoms with E-state index in [0.717, 1.165) is 19.0 Å². The normalized spacial score (nSPS) is 23.6. The fourth-order valence-electron chi connectivity index (χ4n) is 1.21. The second-order valence-corrected chi connectivity index (χ2v) is 2.52. The zero-order valence-electron chi connectivity index (χ0n) is 5.56. The molecule has 1 saturated heterocycles. The molecule has 48 valence electrons. The first-order valence-corrected chi connectivity index (χ1v) is 3.56. The molecular formula is C7H14N-. The predicted octanol–water partition coefficient (Wildman–Crippen LogP) is 2.18. The number of hydrogen-bond acceptors (Lipinski definition) is 0. The predicted molar refractivity (Wildman–Crippen MR) is 36.1 cm³/mol. The summed E-state index contributed by atoms with van der Waals surface area (Å²) in [6, 6.07) is 0. The van der Waals surface area contributed by atoms with Crippen LogP contribution in [0.15, 0.2) is 0 Å². The maximum Gasteiger partial charge on any atom is -0.0450 e. The highest BCUT2D eigenvalue weighted by molar-refractivity contribution is 4.86. The Balaban J connectivity index is 2.13. The molecule has 0 bridgehead atoms. The maximum absolute atomic E-state index is 4.28. The Labute approximate surface area is 51.5 Å². The molecule has 1 nitrogen and oxygen atoms in total. The first-order chi connectivity index (χ1) is 3.93. The quantitative estimate of drug-likeness (QED) is 0.493. The van der Waals surface area contributed by atoms with Gasteiger partial charge in [-0.05, 0) is 5.92 Å². The van der Waals surface area contributed by atoms with Gasteiger partial charge in [0.15, 0.2) is 0 Å². The van der Waals surface area contributed by atoms with Gasteiger partial charge in [-0.2, -0.15) is 0 Å². The fourth-order valence-corrected chi connectivity index (χ4v) is 1.21. The summed E-state index contributed by atoms with van der Waals surface area (Å²) in [5, 5.41) is 4.28. The summed E-state index contributed by atoms with van der Waals surface area (Å²) in [6.07, 6.45) is 4.04. The second-order valence-electron chi connectivity index (χ2n) is 2.52. The van der Waals surface area contributed by atoms with E-state index in [1.807, 2.05) is 0 Å². The summed E-state index contributed by atoms with van der Waals surface area (Å²) >= 11 is 0. The molecule has 0 N–H and O–H groups in total. The Morgan fingerprint density at radius 1 is 1.38 bits per heavy atom. The van der Waals surface area contributed by atoms with Crippen LogP contribution in [0.1, 0.15) is 26.2 Å². The van der Waals surface area contributed by atoms with Crippen LogP contribution in [0.4, 0.5) is 0 Å². The van der Waals surface area contributed by atoms with Crippen LogP contribution >= 0.6 is 0 Å². The van der Waals surface area contributed by atoms with Crippen LogP contribution in [0.5, 0.6) is 0 Å². The van der Waals surface area contributed by atoms with E-state index in [2.05, 4.69) is 12.2 Å². The Hall–Kier alpha value is -0.0400. The SMILES string of the molecule is CCC1CC[N-]CC1. The lowest BCUT2D eigenvalue weighted by molar-refractivity contribution is 0.434. The molecule has 0 unspecified atom stereocenters. The molecule has 1 aliphatic heterocycles. The highest BCUT2D eigenvalue weighted by Gasteiger charge is 2.03. The standard InChI is InChI=1S/C7H14N/c1-2-7-3-5-8-6-4-7/h7H,2-6H2,1H3/q-1. The highest BCUT2D eigenvalue weighted by Crippen LogP contribution is 2.19. The highest BCUT2D eigenvalue weighted by atomic mass is 14.9. The summed E-state index contributed by atoms with van der Waals surface area (Å²) in [4.78, 5) is 0. The largest absolute Gasteiger partial charge is 0.662 e. The van der Waals surface area contributed by atoms with E-state index >= 15 is 0 Å². The molecule has 0 saturated carbocycles. The van der Waals surface area contributed by atoms with Crippen molar-refractivity contribution in [2.45, 2.75) is 26.2 Å². The monoisotopic (exact) mass is 112 g/mol. The molecule has 8 heavy (non-hydrogen) atoms. The molecule has 0 atom stereocenters. The zero-order valence-corrected chi connectivity index (χ0v) is 5.56. The summed E-state index contributed by atoms with van der Waals surface area (Å²) in [5.74, 6) is 0.993. The minimum absolute atomic E-state index is 0.993. The molecule has 1 aliphatic rings. The van der Waals surface area contributed by atoms with Crippen molar-refractivity contribution in [1.29, 1.82) is 0 Å². The minimum atomic E-state index is 0.993. The van der Waals surface area contributed by atoms with Crippen LogP contribution < -0.4 is 0 Å². The van der Waals surface area contributed by atoms with Crippen LogP contribution in [0.3, 0.4) is 0 Å². The van der Waals surface area contributed by atoms with E-state index in [-0.39, 0.29) is 0 Å². The molecule has 1 rings (SSSR count). The molecule has 0 spiro atoms. The van der Waals surface area contributed by atoms with Crippen molar-refractivity contribution < 1.29 is 0 Å². The van der Waals surface area contributed by atoms with Crippen molar-refractivity contribution in [2.75, 3.05) is 13.1 Å². The molecular weight excluding hydrogens is 98.1 g/mol. The van der Waals surface area contributed by atoms with E-state index < -0.39 is 0 Å². The Morgan fingerprint density at radius 2 is 2.00 bits per heavy atom. The number of nitrogens with zero attached hydrogens (tertiary/aromatic N) is 1.